The average Bonchev–Trinajstić information content (AvgIpc) is 2.59. The summed E-state index contributed by atoms with van der Waals surface area (Å²) in [6, 6.07) is 0. The molecule has 0 aliphatic heterocycles. The standard InChI is InChI=1S/C20H28F2O2/c1-4-5-6-15(2)17-9-7-16(8-10-17)14-24-19-11-12-20(22,23-3)13-18(19)21/h4-5,9,11-12,15-16H,6-8,10,13-14H2,1-3H3. The van der Waals surface area contributed by atoms with Crippen LogP contribution in [0.3, 0.4) is 0 Å². The second-order valence-corrected chi connectivity index (χ2v) is 6.71. The van der Waals surface area contributed by atoms with Crippen molar-refractivity contribution in [1.82, 2.24) is 0 Å². The number of ether oxygens (including phenoxy) is 2. The first-order valence-corrected chi connectivity index (χ1v) is 8.72. The minimum atomic E-state index is -2.05. The maximum absolute atomic E-state index is 13.9. The van der Waals surface area contributed by atoms with Crippen LogP contribution in [0.1, 0.15) is 46.0 Å². The van der Waals surface area contributed by atoms with Crippen LogP contribution in [0.5, 0.6) is 0 Å². The van der Waals surface area contributed by atoms with E-state index in [1.165, 1.54) is 24.8 Å². The van der Waals surface area contributed by atoms with Crippen LogP contribution in [0.4, 0.5) is 8.78 Å². The quantitative estimate of drug-likeness (QED) is 0.547. The van der Waals surface area contributed by atoms with Gasteiger partial charge in [-0.2, -0.15) is 0 Å². The van der Waals surface area contributed by atoms with E-state index in [2.05, 4.69) is 29.9 Å². The maximum atomic E-state index is 13.9. The predicted octanol–water partition coefficient (Wildman–Crippen LogP) is 5.79. The van der Waals surface area contributed by atoms with Crippen molar-refractivity contribution in [2.24, 2.45) is 11.8 Å². The molecule has 4 heteroatoms. The Morgan fingerprint density at radius 3 is 2.83 bits per heavy atom. The highest BCUT2D eigenvalue weighted by Crippen LogP contribution is 2.34. The predicted molar refractivity (Wildman–Crippen MR) is 92.7 cm³/mol. The highest BCUT2D eigenvalue weighted by molar-refractivity contribution is 5.25. The second kappa shape index (κ2) is 8.61. The molecule has 2 aliphatic carbocycles. The van der Waals surface area contributed by atoms with Crippen LogP contribution >= 0.6 is 0 Å². The molecule has 0 aromatic heterocycles. The van der Waals surface area contributed by atoms with Gasteiger partial charge in [0.2, 0.25) is 5.85 Å². The van der Waals surface area contributed by atoms with E-state index in [0.717, 1.165) is 25.7 Å². The molecule has 2 nitrogen and oxygen atoms in total. The minimum absolute atomic E-state index is 0.136. The molecular formula is C20H28F2O2. The lowest BCUT2D eigenvalue weighted by atomic mass is 9.83. The molecule has 2 aliphatic rings. The third-order valence-corrected chi connectivity index (χ3v) is 4.87. The van der Waals surface area contributed by atoms with Gasteiger partial charge in [0.05, 0.1) is 13.0 Å². The topological polar surface area (TPSA) is 18.5 Å². The molecule has 0 fully saturated rings. The van der Waals surface area contributed by atoms with Gasteiger partial charge in [-0.05, 0) is 56.6 Å². The van der Waals surface area contributed by atoms with Gasteiger partial charge >= 0.3 is 0 Å². The van der Waals surface area contributed by atoms with E-state index in [0.29, 0.717) is 18.4 Å². The number of hydrogen-bond acceptors (Lipinski definition) is 2. The van der Waals surface area contributed by atoms with E-state index < -0.39 is 18.1 Å². The fourth-order valence-corrected chi connectivity index (χ4v) is 3.12. The van der Waals surface area contributed by atoms with E-state index in [1.807, 2.05) is 6.92 Å². The summed E-state index contributed by atoms with van der Waals surface area (Å²) in [5, 5.41) is 0. The number of rotatable bonds is 7. The zero-order chi connectivity index (χ0) is 17.6. The molecule has 0 spiro atoms. The fourth-order valence-electron chi connectivity index (χ4n) is 3.12. The van der Waals surface area contributed by atoms with Gasteiger partial charge in [0.1, 0.15) is 5.83 Å². The number of allylic oxidation sites excluding steroid dienone is 5. The van der Waals surface area contributed by atoms with Crippen LogP contribution in [-0.2, 0) is 9.47 Å². The molecule has 0 saturated carbocycles. The van der Waals surface area contributed by atoms with Crippen LogP contribution < -0.4 is 0 Å². The van der Waals surface area contributed by atoms with Gasteiger partial charge in [-0.25, -0.2) is 8.78 Å². The SMILES string of the molecule is CC=CCC(C)C1=CCC(COC2=C(F)CC(F)(OC)C=C2)CC1. The van der Waals surface area contributed by atoms with Crippen molar-refractivity contribution in [3.8, 4) is 0 Å². The van der Waals surface area contributed by atoms with E-state index in [9.17, 15) is 8.78 Å². The zero-order valence-corrected chi connectivity index (χ0v) is 14.9. The molecule has 0 N–H and O–H groups in total. The molecule has 3 unspecified atom stereocenters. The lowest BCUT2D eigenvalue weighted by Crippen LogP contribution is -2.25. The van der Waals surface area contributed by atoms with Crippen LogP contribution in [0, 0.1) is 11.8 Å². The number of alkyl halides is 1. The zero-order valence-electron chi connectivity index (χ0n) is 14.9. The van der Waals surface area contributed by atoms with Gasteiger partial charge in [-0.15, -0.1) is 0 Å². The first-order chi connectivity index (χ1) is 11.5. The molecular weight excluding hydrogens is 310 g/mol. The summed E-state index contributed by atoms with van der Waals surface area (Å²) in [6.45, 7) is 4.77. The van der Waals surface area contributed by atoms with Gasteiger partial charge in [-0.1, -0.05) is 30.7 Å². The lowest BCUT2D eigenvalue weighted by Gasteiger charge is -2.27. The Morgan fingerprint density at radius 2 is 2.25 bits per heavy atom. The first kappa shape index (κ1) is 18.9. The molecule has 0 amide bonds. The van der Waals surface area contributed by atoms with Gasteiger partial charge in [0.15, 0.2) is 5.76 Å². The number of methoxy groups -OCH3 is 1. The summed E-state index contributed by atoms with van der Waals surface area (Å²) in [7, 11) is 1.23. The largest absolute Gasteiger partial charge is 0.491 e. The van der Waals surface area contributed by atoms with Crippen molar-refractivity contribution in [2.75, 3.05) is 13.7 Å². The van der Waals surface area contributed by atoms with Crippen molar-refractivity contribution in [2.45, 2.75) is 51.8 Å². The van der Waals surface area contributed by atoms with Crippen LogP contribution in [0.2, 0.25) is 0 Å². The molecule has 0 bridgehead atoms. The molecule has 2 rings (SSSR count). The monoisotopic (exact) mass is 338 g/mol. The van der Waals surface area contributed by atoms with Gasteiger partial charge in [0, 0.05) is 7.11 Å². The third-order valence-electron chi connectivity index (χ3n) is 4.87. The summed E-state index contributed by atoms with van der Waals surface area (Å²) in [5.74, 6) is -1.54. The Kier molecular flexibility index (Phi) is 6.79. The second-order valence-electron chi connectivity index (χ2n) is 6.71. The molecule has 0 radical (unpaired) electrons. The summed E-state index contributed by atoms with van der Waals surface area (Å²) in [4.78, 5) is 0. The molecule has 0 heterocycles. The summed E-state index contributed by atoms with van der Waals surface area (Å²) in [5.41, 5.74) is 1.51. The summed E-state index contributed by atoms with van der Waals surface area (Å²) >= 11 is 0. The van der Waals surface area contributed by atoms with Crippen molar-refractivity contribution < 1.29 is 18.3 Å². The van der Waals surface area contributed by atoms with E-state index in [1.54, 1.807) is 0 Å². The van der Waals surface area contributed by atoms with Crippen LogP contribution in [0.25, 0.3) is 0 Å². The highest BCUT2D eigenvalue weighted by atomic mass is 19.2. The van der Waals surface area contributed by atoms with E-state index in [-0.39, 0.29) is 5.76 Å². The van der Waals surface area contributed by atoms with Crippen molar-refractivity contribution in [3.63, 3.8) is 0 Å². The Balaban J connectivity index is 1.82. The molecule has 134 valence electrons. The third kappa shape index (κ3) is 5.04. The first-order valence-electron chi connectivity index (χ1n) is 8.72. The van der Waals surface area contributed by atoms with E-state index >= 15 is 0 Å². The average molecular weight is 338 g/mol. The Hall–Kier alpha value is -1.42. The molecule has 0 aromatic carbocycles. The Labute approximate surface area is 143 Å². The fraction of sp³-hybridized carbons (Fsp3) is 0.600. The Bertz CT molecular complexity index is 548. The normalized spacial score (nSPS) is 29.0. The van der Waals surface area contributed by atoms with Gasteiger partial charge < -0.3 is 9.47 Å². The van der Waals surface area contributed by atoms with E-state index in [4.69, 9.17) is 4.74 Å². The van der Waals surface area contributed by atoms with Crippen LogP contribution in [-0.4, -0.2) is 19.6 Å². The molecule has 24 heavy (non-hydrogen) atoms. The minimum Gasteiger partial charge on any atom is -0.491 e. The van der Waals surface area contributed by atoms with Crippen molar-refractivity contribution in [3.05, 3.63) is 47.5 Å². The summed E-state index contributed by atoms with van der Waals surface area (Å²) < 4.78 is 38.1. The number of halogens is 2. The molecule has 3 atom stereocenters. The van der Waals surface area contributed by atoms with Crippen LogP contribution in [0.15, 0.2) is 47.5 Å². The maximum Gasteiger partial charge on any atom is 0.235 e. The highest BCUT2D eigenvalue weighted by Gasteiger charge is 2.33. The van der Waals surface area contributed by atoms with Gasteiger partial charge in [0.25, 0.3) is 0 Å². The smallest absolute Gasteiger partial charge is 0.235 e. The van der Waals surface area contributed by atoms with Crippen molar-refractivity contribution in [1.29, 1.82) is 0 Å². The lowest BCUT2D eigenvalue weighted by molar-refractivity contribution is -0.0840. The summed E-state index contributed by atoms with van der Waals surface area (Å²) in [6.07, 6.45) is 12.9. The Morgan fingerprint density at radius 1 is 1.46 bits per heavy atom. The molecule has 0 aromatic rings. The van der Waals surface area contributed by atoms with Crippen molar-refractivity contribution >= 4 is 0 Å². The number of hydrogen-bond donors (Lipinski definition) is 0. The molecule has 0 saturated heterocycles. The van der Waals surface area contributed by atoms with Gasteiger partial charge in [-0.3, -0.25) is 0 Å².